The van der Waals surface area contributed by atoms with Crippen LogP contribution in [0, 0.1) is 0 Å². The lowest BCUT2D eigenvalue weighted by Crippen LogP contribution is -2.41. The second-order valence-corrected chi connectivity index (χ2v) is 5.51. The lowest BCUT2D eigenvalue weighted by Gasteiger charge is -2.27. The molecule has 1 rings (SSSR count). The van der Waals surface area contributed by atoms with E-state index in [1.165, 1.54) is 18.2 Å². The van der Waals surface area contributed by atoms with Crippen molar-refractivity contribution in [2.24, 2.45) is 0 Å². The van der Waals surface area contributed by atoms with Crippen LogP contribution in [-0.4, -0.2) is 52.2 Å². The maximum atomic E-state index is 12.1. The number of nitrogens with zero attached hydrogens (tertiary/aromatic N) is 1. The zero-order chi connectivity index (χ0) is 16.0. The zero-order valence-electron chi connectivity index (χ0n) is 12.3. The third-order valence-electron chi connectivity index (χ3n) is 3.18. The average molecular weight is 312 g/mol. The number of hydrogen-bond donors (Lipinski definition) is 3. The monoisotopic (exact) mass is 312 g/mol. The molecule has 0 aromatic heterocycles. The summed E-state index contributed by atoms with van der Waals surface area (Å²) in [7, 11) is 1.71. The van der Waals surface area contributed by atoms with Crippen LogP contribution < -0.4 is 5.32 Å². The van der Waals surface area contributed by atoms with Crippen LogP contribution in [0.1, 0.15) is 23.7 Å². The van der Waals surface area contributed by atoms with Crippen LogP contribution in [0.5, 0.6) is 5.75 Å². The van der Waals surface area contributed by atoms with Gasteiger partial charge in [0.2, 0.25) is 0 Å². The van der Waals surface area contributed by atoms with Crippen LogP contribution in [0.15, 0.2) is 18.2 Å². The number of nitrogens with one attached hydrogen (secondary N) is 1. The molecule has 2 amide bonds. The van der Waals surface area contributed by atoms with E-state index in [0.717, 1.165) is 12.2 Å². The molecule has 0 saturated carbocycles. The zero-order valence-corrected chi connectivity index (χ0v) is 13.1. The van der Waals surface area contributed by atoms with Gasteiger partial charge in [-0.25, -0.2) is 9.59 Å². The van der Waals surface area contributed by atoms with Gasteiger partial charge in [0.15, 0.2) is 0 Å². The van der Waals surface area contributed by atoms with Crippen molar-refractivity contribution in [3.63, 3.8) is 0 Å². The summed E-state index contributed by atoms with van der Waals surface area (Å²) in [5.74, 6) is -0.746. The number of carboxylic acids is 1. The van der Waals surface area contributed by atoms with E-state index in [4.69, 9.17) is 5.11 Å². The number of phenols is 1. The maximum Gasteiger partial charge on any atom is 0.339 e. The van der Waals surface area contributed by atoms with Crippen molar-refractivity contribution < 1.29 is 19.8 Å². The number of hydrogen-bond acceptors (Lipinski definition) is 4. The Kier molecular flexibility index (Phi) is 6.36. The van der Waals surface area contributed by atoms with Crippen LogP contribution in [-0.2, 0) is 0 Å². The Balaban J connectivity index is 2.83. The molecule has 0 aliphatic rings. The van der Waals surface area contributed by atoms with Gasteiger partial charge in [-0.1, -0.05) is 6.92 Å². The number of carbonyl (C=O) groups excluding carboxylic acids is 1. The number of aromatic hydroxyl groups is 1. The Morgan fingerprint density at radius 1 is 1.43 bits per heavy atom. The van der Waals surface area contributed by atoms with Crippen LogP contribution in [0.3, 0.4) is 0 Å². The number of rotatable bonds is 6. The molecule has 0 heterocycles. The number of carbonyl (C=O) groups is 2. The van der Waals surface area contributed by atoms with Crippen molar-refractivity contribution in [3.05, 3.63) is 23.8 Å². The van der Waals surface area contributed by atoms with E-state index in [1.54, 1.807) is 23.7 Å². The number of anilines is 1. The topological polar surface area (TPSA) is 89.9 Å². The first-order valence-corrected chi connectivity index (χ1v) is 7.89. The number of thioether (sulfide) groups is 1. The first kappa shape index (κ1) is 17.2. The molecule has 0 radical (unpaired) electrons. The van der Waals surface area contributed by atoms with E-state index < -0.39 is 5.97 Å². The quantitative estimate of drug-likeness (QED) is 0.703. The van der Waals surface area contributed by atoms with Crippen molar-refractivity contribution in [1.29, 1.82) is 0 Å². The SMILES string of the molecule is CCC(CSC)N(C)C(=O)Nc1ccc(O)c(C(=O)O)c1. The second-order valence-electron chi connectivity index (χ2n) is 4.60. The molecule has 1 aromatic rings. The summed E-state index contributed by atoms with van der Waals surface area (Å²) in [6.45, 7) is 2.01. The fourth-order valence-corrected chi connectivity index (χ4v) is 2.70. The number of benzene rings is 1. The third-order valence-corrected chi connectivity index (χ3v) is 3.89. The molecule has 3 N–H and O–H groups in total. The molecule has 1 atom stereocenters. The first-order chi connectivity index (χ1) is 9.90. The van der Waals surface area contributed by atoms with Crippen molar-refractivity contribution in [1.82, 2.24) is 4.90 Å². The lowest BCUT2D eigenvalue weighted by molar-refractivity contribution is 0.0693. The second kappa shape index (κ2) is 7.78. The van der Waals surface area contributed by atoms with E-state index in [1.807, 2.05) is 13.2 Å². The molecule has 0 aliphatic carbocycles. The third kappa shape index (κ3) is 4.56. The summed E-state index contributed by atoms with van der Waals surface area (Å²) >= 11 is 1.66. The number of carboxylic acid groups (broad SMARTS) is 1. The molecule has 0 saturated heterocycles. The van der Waals surface area contributed by atoms with Gasteiger partial charge in [-0.3, -0.25) is 0 Å². The van der Waals surface area contributed by atoms with Gasteiger partial charge in [0, 0.05) is 24.5 Å². The van der Waals surface area contributed by atoms with Gasteiger partial charge in [-0.15, -0.1) is 0 Å². The molecule has 0 fully saturated rings. The average Bonchev–Trinajstić information content (AvgIpc) is 2.45. The van der Waals surface area contributed by atoms with Gasteiger partial charge in [-0.2, -0.15) is 11.8 Å². The van der Waals surface area contributed by atoms with Gasteiger partial charge in [0.25, 0.3) is 0 Å². The highest BCUT2D eigenvalue weighted by Crippen LogP contribution is 2.22. The van der Waals surface area contributed by atoms with Crippen LogP contribution in [0.25, 0.3) is 0 Å². The minimum atomic E-state index is -1.24. The highest BCUT2D eigenvalue weighted by Gasteiger charge is 2.18. The summed E-state index contributed by atoms with van der Waals surface area (Å²) < 4.78 is 0. The van der Waals surface area contributed by atoms with Gasteiger partial charge < -0.3 is 20.4 Å². The van der Waals surface area contributed by atoms with E-state index in [-0.39, 0.29) is 23.4 Å². The largest absolute Gasteiger partial charge is 0.507 e. The molecule has 0 spiro atoms. The molecule has 0 bridgehead atoms. The normalized spacial score (nSPS) is 11.8. The first-order valence-electron chi connectivity index (χ1n) is 6.49. The predicted octanol–water partition coefficient (Wildman–Crippen LogP) is 2.70. The molecular formula is C14H20N2O4S. The smallest absolute Gasteiger partial charge is 0.339 e. The number of aromatic carboxylic acids is 1. The Morgan fingerprint density at radius 3 is 2.62 bits per heavy atom. The van der Waals surface area contributed by atoms with Gasteiger partial charge >= 0.3 is 12.0 Å². The van der Waals surface area contributed by atoms with E-state index in [2.05, 4.69) is 5.32 Å². The van der Waals surface area contributed by atoms with Crippen molar-refractivity contribution >= 4 is 29.4 Å². The van der Waals surface area contributed by atoms with E-state index in [9.17, 15) is 14.7 Å². The Bertz CT molecular complexity index is 522. The fraction of sp³-hybridized carbons (Fsp3) is 0.429. The van der Waals surface area contributed by atoms with Gasteiger partial charge in [-0.05, 0) is 30.9 Å². The highest BCUT2D eigenvalue weighted by atomic mass is 32.2. The van der Waals surface area contributed by atoms with E-state index >= 15 is 0 Å². The molecule has 0 aliphatic heterocycles. The fourth-order valence-electron chi connectivity index (χ4n) is 1.86. The highest BCUT2D eigenvalue weighted by molar-refractivity contribution is 7.98. The summed E-state index contributed by atoms with van der Waals surface area (Å²) in [4.78, 5) is 24.7. The summed E-state index contributed by atoms with van der Waals surface area (Å²) in [6, 6.07) is 3.74. The van der Waals surface area contributed by atoms with Crippen LogP contribution >= 0.6 is 11.8 Å². The molecule has 21 heavy (non-hydrogen) atoms. The minimum absolute atomic E-state index is 0.107. The van der Waals surface area contributed by atoms with Crippen molar-refractivity contribution in [2.45, 2.75) is 19.4 Å². The van der Waals surface area contributed by atoms with Crippen LogP contribution in [0.2, 0.25) is 0 Å². The Labute approximate surface area is 128 Å². The molecule has 1 unspecified atom stereocenters. The summed E-state index contributed by atoms with van der Waals surface area (Å²) in [5.41, 5.74) is 0.0904. The van der Waals surface area contributed by atoms with Gasteiger partial charge in [0.1, 0.15) is 11.3 Å². The number of urea groups is 1. The molecule has 6 nitrogen and oxygen atoms in total. The lowest BCUT2D eigenvalue weighted by atomic mass is 10.2. The Hall–Kier alpha value is -1.89. The van der Waals surface area contributed by atoms with Crippen molar-refractivity contribution in [3.8, 4) is 5.75 Å². The number of amides is 2. The van der Waals surface area contributed by atoms with E-state index in [0.29, 0.717) is 5.69 Å². The van der Waals surface area contributed by atoms with Crippen molar-refractivity contribution in [2.75, 3.05) is 24.4 Å². The molecule has 116 valence electrons. The Morgan fingerprint density at radius 2 is 2.10 bits per heavy atom. The maximum absolute atomic E-state index is 12.1. The summed E-state index contributed by atoms with van der Waals surface area (Å²) in [5, 5.41) is 21.0. The molecule has 7 heteroatoms. The summed E-state index contributed by atoms with van der Waals surface area (Å²) in [6.07, 6.45) is 2.81. The molecular weight excluding hydrogens is 292 g/mol. The minimum Gasteiger partial charge on any atom is -0.507 e. The molecule has 1 aromatic carbocycles. The predicted molar refractivity (Wildman–Crippen MR) is 84.3 cm³/mol. The van der Waals surface area contributed by atoms with Gasteiger partial charge in [0.05, 0.1) is 0 Å². The standard InChI is InChI=1S/C14H20N2O4S/c1-4-10(8-21-3)16(2)14(20)15-9-5-6-12(17)11(7-9)13(18)19/h5-7,10,17H,4,8H2,1-3H3,(H,15,20)(H,18,19). The van der Waals surface area contributed by atoms with Crippen LogP contribution in [0.4, 0.5) is 10.5 Å².